The topological polar surface area (TPSA) is 9.72 Å². The molecule has 0 aliphatic carbocycles. The van der Waals surface area contributed by atoms with Gasteiger partial charge in [0.15, 0.2) is 16.0 Å². The lowest BCUT2D eigenvalue weighted by Crippen LogP contribution is -2.44. The van der Waals surface area contributed by atoms with Gasteiger partial charge in [0.2, 0.25) is 0 Å². The molecule has 0 aromatic heterocycles. The minimum Gasteiger partial charge on any atom is -0.353 e. The highest BCUT2D eigenvalue weighted by atomic mass is 15.2. The van der Waals surface area contributed by atoms with Gasteiger partial charge in [-0.3, -0.25) is 0 Å². The molecule has 144 valence electrons. The summed E-state index contributed by atoms with van der Waals surface area (Å²) >= 11 is 0. The quantitative estimate of drug-likeness (QED) is 0.750. The van der Waals surface area contributed by atoms with Crippen LogP contribution in [0, 0.1) is 5.92 Å². The molecule has 0 spiro atoms. The molecule has 0 bridgehead atoms. The van der Waals surface area contributed by atoms with E-state index in [1.165, 1.54) is 19.3 Å². The van der Waals surface area contributed by atoms with E-state index >= 15 is 0 Å². The third-order valence-corrected chi connectivity index (χ3v) is 4.69. The smallest absolute Gasteiger partial charge is 0.182 e. The van der Waals surface area contributed by atoms with E-state index in [1.807, 2.05) is 41.7 Å². The zero-order valence-corrected chi connectivity index (χ0v) is 17.5. The van der Waals surface area contributed by atoms with Crippen molar-refractivity contribution in [1.82, 2.24) is 14.5 Å². The number of rotatable bonds is 2. The lowest BCUT2D eigenvalue weighted by molar-refractivity contribution is 0.200. The number of nitrogens with zero attached hydrogens (tertiary/aromatic N) is 3. The predicted molar refractivity (Wildman–Crippen MR) is 118 cm³/mol. The van der Waals surface area contributed by atoms with Gasteiger partial charge < -0.3 is 14.5 Å². The average molecular weight is 356 g/mol. The summed E-state index contributed by atoms with van der Waals surface area (Å²) in [6, 6.07) is 9.67. The van der Waals surface area contributed by atoms with Crippen LogP contribution in [0.4, 0.5) is 0 Å². The van der Waals surface area contributed by atoms with Crippen LogP contribution in [-0.2, 0) is 0 Å². The molecule has 1 aromatic carbocycles. The Morgan fingerprint density at radius 1 is 0.808 bits per heavy atom. The van der Waals surface area contributed by atoms with E-state index in [0.29, 0.717) is 6.04 Å². The zero-order chi connectivity index (χ0) is 20.5. The van der Waals surface area contributed by atoms with Gasteiger partial charge in [0, 0.05) is 13.1 Å². The highest BCUT2D eigenvalue weighted by Crippen LogP contribution is 2.17. The molecular weight excluding hydrogens is 316 g/mol. The van der Waals surface area contributed by atoms with Crippen LogP contribution in [-0.4, -0.2) is 76.3 Å². The molecule has 3 rings (SSSR count). The van der Waals surface area contributed by atoms with E-state index in [2.05, 4.69) is 18.7 Å². The third-order valence-electron chi connectivity index (χ3n) is 4.69. The van der Waals surface area contributed by atoms with Crippen molar-refractivity contribution in [3.63, 3.8) is 0 Å². The molecule has 4 radical (unpaired) electrons. The number of piperidine rings is 1. The molecule has 0 atom stereocenters. The van der Waals surface area contributed by atoms with Crippen molar-refractivity contribution in [2.45, 2.75) is 47.0 Å². The van der Waals surface area contributed by atoms with Gasteiger partial charge >= 0.3 is 0 Å². The van der Waals surface area contributed by atoms with E-state index in [-0.39, 0.29) is 0 Å². The summed E-state index contributed by atoms with van der Waals surface area (Å²) in [6.07, 6.45) is 3.92. The largest absolute Gasteiger partial charge is 0.353 e. The molecular formula is C21H39B2N3. The van der Waals surface area contributed by atoms with E-state index in [1.54, 1.807) is 12.1 Å². The molecule has 26 heavy (non-hydrogen) atoms. The van der Waals surface area contributed by atoms with Crippen molar-refractivity contribution in [2.24, 2.45) is 5.92 Å². The van der Waals surface area contributed by atoms with E-state index in [4.69, 9.17) is 17.3 Å². The maximum atomic E-state index is 7.00. The number of benzene rings is 1. The fourth-order valence-corrected chi connectivity index (χ4v) is 2.78. The predicted octanol–water partition coefficient (Wildman–Crippen LogP) is 3.61. The Hall–Kier alpha value is -0.770. The van der Waals surface area contributed by atoms with Gasteiger partial charge in [-0.25, -0.2) is 0 Å². The van der Waals surface area contributed by atoms with Crippen molar-refractivity contribution < 1.29 is 1.37 Å². The van der Waals surface area contributed by atoms with Crippen LogP contribution in [0.5, 0.6) is 0 Å². The third kappa shape index (κ3) is 13.4. The monoisotopic (exact) mass is 356 g/mol. The summed E-state index contributed by atoms with van der Waals surface area (Å²) in [7, 11) is 11.1. The first-order valence-electron chi connectivity index (χ1n) is 10.8. The van der Waals surface area contributed by atoms with Gasteiger partial charge in [0.05, 0.1) is 1.37 Å². The number of hydrogen-bond donors (Lipinski definition) is 0. The molecule has 0 amide bonds. The Morgan fingerprint density at radius 3 is 1.65 bits per heavy atom. The molecule has 2 heterocycles. The Labute approximate surface area is 167 Å². The van der Waals surface area contributed by atoms with Crippen molar-refractivity contribution in [3.05, 3.63) is 36.4 Å². The molecule has 5 heteroatoms. The van der Waals surface area contributed by atoms with Gasteiger partial charge in [-0.15, -0.1) is 0 Å². The highest BCUT2D eigenvalue weighted by molar-refractivity contribution is 6.04. The van der Waals surface area contributed by atoms with E-state index in [0.717, 1.165) is 51.7 Å². The molecule has 1 aromatic rings. The van der Waals surface area contributed by atoms with Gasteiger partial charge in [-0.2, -0.15) is 0 Å². The molecule has 2 aliphatic heterocycles. The molecule has 0 N–H and O–H groups in total. The van der Waals surface area contributed by atoms with Crippen LogP contribution in [0.3, 0.4) is 0 Å². The lowest BCUT2D eigenvalue weighted by atomic mass is 9.93. The van der Waals surface area contributed by atoms with Gasteiger partial charge in [0.1, 0.15) is 0 Å². The van der Waals surface area contributed by atoms with Crippen LogP contribution < -0.4 is 0 Å². The SMILES string of the molecule is CC.[2H]c1ccccc1.[B]N1CCC(CC)CC1.[B]N1CCN(CC)CC1. The van der Waals surface area contributed by atoms with Gasteiger partial charge in [0.25, 0.3) is 0 Å². The molecule has 2 saturated heterocycles. The molecule has 2 fully saturated rings. The summed E-state index contributed by atoms with van der Waals surface area (Å²) in [5.41, 5.74) is 0. The van der Waals surface area contributed by atoms with Crippen LogP contribution in [0.1, 0.15) is 48.3 Å². The number of hydrogen-bond acceptors (Lipinski definition) is 3. The number of likely N-dealkylation sites (N-methyl/N-ethyl adjacent to an activating group) is 1. The number of piperazine rings is 1. The van der Waals surface area contributed by atoms with Crippen molar-refractivity contribution in [3.8, 4) is 0 Å². The summed E-state index contributed by atoms with van der Waals surface area (Å²) in [5.74, 6) is 0.949. The maximum Gasteiger partial charge on any atom is 0.182 e. The molecule has 3 nitrogen and oxygen atoms in total. The van der Waals surface area contributed by atoms with Crippen molar-refractivity contribution >= 4 is 16.0 Å². The molecule has 2 aliphatic rings. The fraction of sp³-hybridized carbons (Fsp3) is 0.714. The Bertz CT molecular complexity index is 399. The summed E-state index contributed by atoms with van der Waals surface area (Å²) in [5, 5.41) is 0. The van der Waals surface area contributed by atoms with E-state index in [9.17, 15) is 0 Å². The fourth-order valence-electron chi connectivity index (χ4n) is 2.78. The minimum atomic E-state index is 0.572. The minimum absolute atomic E-state index is 0.572. The zero-order valence-electron chi connectivity index (χ0n) is 18.5. The van der Waals surface area contributed by atoms with Crippen molar-refractivity contribution in [2.75, 3.05) is 45.8 Å². The second-order valence-corrected chi connectivity index (χ2v) is 6.44. The van der Waals surface area contributed by atoms with Crippen LogP contribution in [0.25, 0.3) is 0 Å². The molecule has 0 saturated carbocycles. The normalized spacial score (nSPS) is 19.6. The maximum absolute atomic E-state index is 7.00. The first kappa shape index (κ1) is 23.3. The van der Waals surface area contributed by atoms with Crippen molar-refractivity contribution in [1.29, 1.82) is 0 Å². The highest BCUT2D eigenvalue weighted by Gasteiger charge is 2.13. The van der Waals surface area contributed by atoms with E-state index < -0.39 is 0 Å². The second kappa shape index (κ2) is 17.6. The Morgan fingerprint density at radius 2 is 1.27 bits per heavy atom. The first-order valence-corrected chi connectivity index (χ1v) is 10.3. The lowest BCUT2D eigenvalue weighted by Gasteiger charge is -2.31. The van der Waals surface area contributed by atoms with Crippen LogP contribution >= 0.6 is 0 Å². The average Bonchev–Trinajstić information content (AvgIpc) is 2.72. The molecule has 0 unspecified atom stereocenters. The van der Waals surface area contributed by atoms with Gasteiger partial charge in [-0.1, -0.05) is 70.5 Å². The standard InChI is InChI=1S/C7H14BN.C6H13BN2.C6H6.C2H6/c1-2-7-3-5-9(8)6-4-7;1-2-8-3-5-9(7)6-4-8;1-2-4-6-5-3-1;1-2/h7H,2-6H2,1H3;2-6H2,1H3;1-6H;1-2H3/i;;1D;. The second-order valence-electron chi connectivity index (χ2n) is 6.44. The van der Waals surface area contributed by atoms with Gasteiger partial charge in [-0.05, 0) is 51.5 Å². The summed E-state index contributed by atoms with van der Waals surface area (Å²) in [4.78, 5) is 6.21. The Kier molecular flexibility index (Phi) is 15.8. The summed E-state index contributed by atoms with van der Waals surface area (Å²) in [6.45, 7) is 16.1. The Balaban J connectivity index is 0.000000361. The first-order chi connectivity index (χ1) is 13.0. The van der Waals surface area contributed by atoms with Crippen LogP contribution in [0.2, 0.25) is 0 Å². The van der Waals surface area contributed by atoms with Crippen LogP contribution in [0.15, 0.2) is 36.4 Å². The summed E-state index contributed by atoms with van der Waals surface area (Å²) < 4.78 is 7.00.